The number of benzene rings is 1. The Morgan fingerprint density at radius 3 is 2.40 bits per heavy atom. The molecule has 0 aliphatic heterocycles. The van der Waals surface area contributed by atoms with Gasteiger partial charge in [0.05, 0.1) is 0 Å². The van der Waals surface area contributed by atoms with Crippen molar-refractivity contribution in [1.29, 1.82) is 0 Å². The van der Waals surface area contributed by atoms with Gasteiger partial charge in [-0.2, -0.15) is 0 Å². The maximum absolute atomic E-state index is 5.86. The van der Waals surface area contributed by atoms with Crippen molar-refractivity contribution in [2.75, 3.05) is 6.54 Å². The standard InChI is InChI=1S/C14H19N/c15-9-11-7-8-13(10-5-6-10)14-4-2-1-3-12(11)14/h1-4,10-11,13H,5-9,15H2. The molecule has 1 heteroatoms. The lowest BCUT2D eigenvalue weighted by Gasteiger charge is -2.31. The van der Waals surface area contributed by atoms with E-state index in [1.54, 1.807) is 11.1 Å². The van der Waals surface area contributed by atoms with Gasteiger partial charge in [0.25, 0.3) is 0 Å². The van der Waals surface area contributed by atoms with Gasteiger partial charge in [-0.05, 0) is 61.1 Å². The summed E-state index contributed by atoms with van der Waals surface area (Å²) < 4.78 is 0. The molecule has 2 aliphatic rings. The van der Waals surface area contributed by atoms with Crippen molar-refractivity contribution in [3.63, 3.8) is 0 Å². The Labute approximate surface area is 91.7 Å². The molecule has 0 aromatic heterocycles. The van der Waals surface area contributed by atoms with E-state index in [0.717, 1.165) is 18.4 Å². The van der Waals surface area contributed by atoms with Crippen LogP contribution in [0.2, 0.25) is 0 Å². The summed E-state index contributed by atoms with van der Waals surface area (Å²) in [5.41, 5.74) is 9.01. The van der Waals surface area contributed by atoms with Crippen LogP contribution in [0.5, 0.6) is 0 Å². The molecular formula is C14H19N. The van der Waals surface area contributed by atoms with Gasteiger partial charge < -0.3 is 5.73 Å². The fraction of sp³-hybridized carbons (Fsp3) is 0.571. The maximum atomic E-state index is 5.86. The summed E-state index contributed by atoms with van der Waals surface area (Å²) >= 11 is 0. The SMILES string of the molecule is NCC1CCC(C2CC2)c2ccccc21. The molecule has 1 aromatic rings. The van der Waals surface area contributed by atoms with Crippen LogP contribution >= 0.6 is 0 Å². The zero-order valence-corrected chi connectivity index (χ0v) is 9.15. The number of hydrogen-bond donors (Lipinski definition) is 1. The van der Waals surface area contributed by atoms with E-state index in [-0.39, 0.29) is 0 Å². The zero-order chi connectivity index (χ0) is 10.3. The van der Waals surface area contributed by atoms with Crippen molar-refractivity contribution in [1.82, 2.24) is 0 Å². The first-order chi connectivity index (χ1) is 7.40. The van der Waals surface area contributed by atoms with E-state index in [2.05, 4.69) is 24.3 Å². The molecule has 0 bridgehead atoms. The highest BCUT2D eigenvalue weighted by molar-refractivity contribution is 5.37. The number of rotatable bonds is 2. The van der Waals surface area contributed by atoms with Gasteiger partial charge in [0.1, 0.15) is 0 Å². The van der Waals surface area contributed by atoms with Crippen LogP contribution < -0.4 is 5.73 Å². The summed E-state index contributed by atoms with van der Waals surface area (Å²) in [6, 6.07) is 8.98. The minimum Gasteiger partial charge on any atom is -0.330 e. The van der Waals surface area contributed by atoms with Crippen molar-refractivity contribution in [3.05, 3.63) is 35.4 Å². The number of nitrogens with two attached hydrogens (primary N) is 1. The average Bonchev–Trinajstić information content (AvgIpc) is 3.11. The molecule has 2 unspecified atom stereocenters. The van der Waals surface area contributed by atoms with Gasteiger partial charge in [-0.1, -0.05) is 24.3 Å². The lowest BCUT2D eigenvalue weighted by molar-refractivity contribution is 0.454. The van der Waals surface area contributed by atoms with Crippen LogP contribution in [0.3, 0.4) is 0 Å². The van der Waals surface area contributed by atoms with Crippen molar-refractivity contribution in [2.24, 2.45) is 11.7 Å². The minimum absolute atomic E-state index is 0.621. The maximum Gasteiger partial charge on any atom is -0.000813 e. The molecule has 15 heavy (non-hydrogen) atoms. The molecule has 2 aliphatic carbocycles. The average molecular weight is 201 g/mol. The lowest BCUT2D eigenvalue weighted by Crippen LogP contribution is -2.21. The monoisotopic (exact) mass is 201 g/mol. The first-order valence-electron chi connectivity index (χ1n) is 6.19. The Morgan fingerprint density at radius 1 is 1.00 bits per heavy atom. The van der Waals surface area contributed by atoms with E-state index in [1.165, 1.54) is 25.7 Å². The van der Waals surface area contributed by atoms with Crippen molar-refractivity contribution in [2.45, 2.75) is 37.5 Å². The second kappa shape index (κ2) is 3.64. The molecule has 0 radical (unpaired) electrons. The molecule has 0 saturated heterocycles. The van der Waals surface area contributed by atoms with Crippen LogP contribution in [0.25, 0.3) is 0 Å². The van der Waals surface area contributed by atoms with Crippen LogP contribution in [0.15, 0.2) is 24.3 Å². The van der Waals surface area contributed by atoms with Gasteiger partial charge in [0, 0.05) is 0 Å². The van der Waals surface area contributed by atoms with Gasteiger partial charge in [0.2, 0.25) is 0 Å². The van der Waals surface area contributed by atoms with Gasteiger partial charge in [-0.15, -0.1) is 0 Å². The summed E-state index contributed by atoms with van der Waals surface area (Å²) in [5, 5.41) is 0. The largest absolute Gasteiger partial charge is 0.330 e. The Hall–Kier alpha value is -0.820. The van der Waals surface area contributed by atoms with E-state index in [4.69, 9.17) is 5.73 Å². The van der Waals surface area contributed by atoms with Crippen LogP contribution in [0.4, 0.5) is 0 Å². The van der Waals surface area contributed by atoms with Crippen molar-refractivity contribution in [3.8, 4) is 0 Å². The summed E-state index contributed by atoms with van der Waals surface area (Å²) in [6.45, 7) is 0.814. The topological polar surface area (TPSA) is 26.0 Å². The third kappa shape index (κ3) is 1.59. The molecule has 80 valence electrons. The van der Waals surface area contributed by atoms with Crippen LogP contribution in [-0.4, -0.2) is 6.54 Å². The molecule has 1 aromatic carbocycles. The van der Waals surface area contributed by atoms with Crippen molar-refractivity contribution >= 4 is 0 Å². The van der Waals surface area contributed by atoms with Gasteiger partial charge >= 0.3 is 0 Å². The molecule has 2 N–H and O–H groups in total. The molecule has 0 spiro atoms. The van der Waals surface area contributed by atoms with E-state index in [0.29, 0.717) is 5.92 Å². The van der Waals surface area contributed by atoms with Crippen LogP contribution in [-0.2, 0) is 0 Å². The first-order valence-corrected chi connectivity index (χ1v) is 6.19. The number of hydrogen-bond acceptors (Lipinski definition) is 1. The van der Waals surface area contributed by atoms with Crippen LogP contribution in [0.1, 0.15) is 48.6 Å². The van der Waals surface area contributed by atoms with E-state index < -0.39 is 0 Å². The summed E-state index contributed by atoms with van der Waals surface area (Å²) in [7, 11) is 0. The highest BCUT2D eigenvalue weighted by Gasteiger charge is 2.36. The second-order valence-corrected chi connectivity index (χ2v) is 5.08. The van der Waals surface area contributed by atoms with Gasteiger partial charge in [0.15, 0.2) is 0 Å². The Kier molecular flexibility index (Phi) is 2.28. The third-order valence-electron chi connectivity index (χ3n) is 4.14. The highest BCUT2D eigenvalue weighted by Crippen LogP contribution is 2.50. The van der Waals surface area contributed by atoms with Crippen LogP contribution in [0, 0.1) is 5.92 Å². The fourth-order valence-electron chi connectivity index (χ4n) is 3.15. The summed E-state index contributed by atoms with van der Waals surface area (Å²) in [6.07, 6.45) is 5.57. The fourth-order valence-corrected chi connectivity index (χ4v) is 3.15. The Morgan fingerprint density at radius 2 is 1.73 bits per heavy atom. The van der Waals surface area contributed by atoms with Gasteiger partial charge in [-0.3, -0.25) is 0 Å². The molecular weight excluding hydrogens is 182 g/mol. The summed E-state index contributed by atoms with van der Waals surface area (Å²) in [5.74, 6) is 2.46. The highest BCUT2D eigenvalue weighted by atomic mass is 14.6. The zero-order valence-electron chi connectivity index (χ0n) is 9.15. The number of fused-ring (bicyclic) bond motifs is 1. The lowest BCUT2D eigenvalue weighted by atomic mass is 9.75. The predicted molar refractivity (Wildman–Crippen MR) is 62.9 cm³/mol. The smallest absolute Gasteiger partial charge is 0.000813 e. The first kappa shape index (κ1) is 9.41. The molecule has 1 saturated carbocycles. The molecule has 0 heterocycles. The molecule has 0 amide bonds. The Balaban J connectivity index is 1.99. The van der Waals surface area contributed by atoms with Crippen molar-refractivity contribution < 1.29 is 0 Å². The second-order valence-electron chi connectivity index (χ2n) is 5.08. The van der Waals surface area contributed by atoms with E-state index >= 15 is 0 Å². The third-order valence-corrected chi connectivity index (χ3v) is 4.14. The molecule has 1 fully saturated rings. The predicted octanol–water partition coefficient (Wildman–Crippen LogP) is 3.02. The van der Waals surface area contributed by atoms with E-state index in [1.807, 2.05) is 0 Å². The Bertz CT molecular complexity index is 354. The summed E-state index contributed by atoms with van der Waals surface area (Å²) in [4.78, 5) is 0. The normalized spacial score (nSPS) is 29.9. The molecule has 3 rings (SSSR count). The van der Waals surface area contributed by atoms with Gasteiger partial charge in [-0.25, -0.2) is 0 Å². The molecule has 2 atom stereocenters. The minimum atomic E-state index is 0.621. The quantitative estimate of drug-likeness (QED) is 0.782. The van der Waals surface area contributed by atoms with E-state index in [9.17, 15) is 0 Å². The molecule has 1 nitrogen and oxygen atoms in total.